The van der Waals surface area contributed by atoms with E-state index < -0.39 is 4.92 Å². The van der Waals surface area contributed by atoms with Crippen molar-refractivity contribution in [1.29, 1.82) is 0 Å². The van der Waals surface area contributed by atoms with Crippen molar-refractivity contribution < 1.29 is 4.92 Å². The Labute approximate surface area is 161 Å². The van der Waals surface area contributed by atoms with Crippen LogP contribution in [-0.2, 0) is 0 Å². The van der Waals surface area contributed by atoms with E-state index in [1.807, 2.05) is 18.2 Å². The first kappa shape index (κ1) is 16.3. The van der Waals surface area contributed by atoms with Crippen molar-refractivity contribution in [2.24, 2.45) is 5.92 Å². The van der Waals surface area contributed by atoms with Crippen LogP contribution in [-0.4, -0.2) is 4.92 Å². The van der Waals surface area contributed by atoms with E-state index >= 15 is 0 Å². The molecule has 5 rings (SSSR count). The first-order chi connectivity index (χ1) is 13.1. The molecule has 0 saturated carbocycles. The van der Waals surface area contributed by atoms with Gasteiger partial charge in [-0.3, -0.25) is 10.1 Å². The lowest BCUT2D eigenvalue weighted by Gasteiger charge is -2.38. The fourth-order valence-electron chi connectivity index (χ4n) is 4.53. The van der Waals surface area contributed by atoms with E-state index in [0.29, 0.717) is 11.8 Å². The minimum atomic E-state index is -0.414. The topological polar surface area (TPSA) is 55.2 Å². The highest BCUT2D eigenvalue weighted by Gasteiger charge is 2.39. The Morgan fingerprint density at radius 1 is 1.11 bits per heavy atom. The highest BCUT2D eigenvalue weighted by molar-refractivity contribution is 6.32. The summed E-state index contributed by atoms with van der Waals surface area (Å²) in [6, 6.07) is 17.8. The second-order valence-corrected chi connectivity index (χ2v) is 7.60. The number of nitrogens with zero attached hydrogens (tertiary/aromatic N) is 1. The van der Waals surface area contributed by atoms with E-state index in [9.17, 15) is 10.1 Å². The number of rotatable bonds is 2. The average molecular weight is 377 g/mol. The molecule has 3 aromatic rings. The Hall–Kier alpha value is -2.85. The smallest absolute Gasteiger partial charge is 0.288 e. The van der Waals surface area contributed by atoms with E-state index in [0.717, 1.165) is 17.7 Å². The summed E-state index contributed by atoms with van der Waals surface area (Å²) in [5.74, 6) is 0.644. The molecule has 2 aliphatic rings. The monoisotopic (exact) mass is 376 g/mol. The summed E-state index contributed by atoms with van der Waals surface area (Å²) in [4.78, 5) is 10.9. The van der Waals surface area contributed by atoms with E-state index in [4.69, 9.17) is 11.6 Å². The van der Waals surface area contributed by atoms with Crippen LogP contribution in [0.1, 0.15) is 29.5 Å². The van der Waals surface area contributed by atoms with Gasteiger partial charge in [0.25, 0.3) is 5.69 Å². The SMILES string of the molecule is O=[N+]([O-])c1cc([C@@H]2Nc3c(ccc4ccccc34)[C@H]3C=CC[C@H]32)ccc1Cl. The molecular weight excluding hydrogens is 360 g/mol. The number of nitro benzene ring substituents is 1. The van der Waals surface area contributed by atoms with Gasteiger partial charge in [0.2, 0.25) is 0 Å². The lowest BCUT2D eigenvalue weighted by Crippen LogP contribution is -2.29. The van der Waals surface area contributed by atoms with Crippen molar-refractivity contribution in [1.82, 2.24) is 0 Å². The predicted octanol–water partition coefficient (Wildman–Crippen LogP) is 6.23. The van der Waals surface area contributed by atoms with Gasteiger partial charge >= 0.3 is 0 Å². The molecule has 5 heteroatoms. The largest absolute Gasteiger partial charge is 0.377 e. The molecule has 1 aliphatic carbocycles. The van der Waals surface area contributed by atoms with Gasteiger partial charge in [0.05, 0.1) is 11.0 Å². The highest BCUT2D eigenvalue weighted by Crippen LogP contribution is 2.51. The van der Waals surface area contributed by atoms with Gasteiger partial charge in [-0.1, -0.05) is 66.2 Å². The second kappa shape index (κ2) is 6.10. The van der Waals surface area contributed by atoms with E-state index in [-0.39, 0.29) is 16.8 Å². The molecule has 0 aromatic heterocycles. The number of allylic oxidation sites excluding steroid dienone is 2. The number of fused-ring (bicyclic) bond motifs is 5. The summed E-state index contributed by atoms with van der Waals surface area (Å²) in [7, 11) is 0. The minimum absolute atomic E-state index is 0.000673. The number of benzene rings is 3. The molecule has 1 heterocycles. The van der Waals surface area contributed by atoms with Crippen LogP contribution < -0.4 is 5.32 Å². The fourth-order valence-corrected chi connectivity index (χ4v) is 4.72. The number of nitro groups is 1. The molecule has 1 aliphatic heterocycles. The molecule has 4 nitrogen and oxygen atoms in total. The molecule has 0 saturated heterocycles. The van der Waals surface area contributed by atoms with Crippen molar-refractivity contribution in [3.63, 3.8) is 0 Å². The Balaban J connectivity index is 1.67. The zero-order valence-corrected chi connectivity index (χ0v) is 15.2. The van der Waals surface area contributed by atoms with Crippen LogP contribution in [0.5, 0.6) is 0 Å². The zero-order valence-electron chi connectivity index (χ0n) is 14.4. The van der Waals surface area contributed by atoms with Gasteiger partial charge in [-0.2, -0.15) is 0 Å². The van der Waals surface area contributed by atoms with Crippen LogP contribution in [0.2, 0.25) is 5.02 Å². The molecule has 0 unspecified atom stereocenters. The Morgan fingerprint density at radius 2 is 1.96 bits per heavy atom. The summed E-state index contributed by atoms with van der Waals surface area (Å²) in [6.07, 6.45) is 5.44. The third kappa shape index (κ3) is 2.52. The molecule has 0 spiro atoms. The van der Waals surface area contributed by atoms with Gasteiger partial charge in [0, 0.05) is 23.1 Å². The highest BCUT2D eigenvalue weighted by atomic mass is 35.5. The van der Waals surface area contributed by atoms with E-state index in [1.54, 1.807) is 12.1 Å². The summed E-state index contributed by atoms with van der Waals surface area (Å²) in [5.41, 5.74) is 3.29. The molecule has 1 N–H and O–H groups in total. The molecule has 134 valence electrons. The Morgan fingerprint density at radius 3 is 2.81 bits per heavy atom. The molecular formula is C22H17ClN2O2. The third-order valence-corrected chi connectivity index (χ3v) is 6.11. The number of anilines is 1. The van der Waals surface area contributed by atoms with Crippen molar-refractivity contribution >= 4 is 33.7 Å². The molecule has 0 bridgehead atoms. The average Bonchev–Trinajstić information content (AvgIpc) is 3.17. The maximum Gasteiger partial charge on any atom is 0.288 e. The van der Waals surface area contributed by atoms with Crippen LogP contribution in [0, 0.1) is 16.0 Å². The number of nitrogens with one attached hydrogen (secondary N) is 1. The van der Waals surface area contributed by atoms with Crippen LogP contribution in [0.25, 0.3) is 10.8 Å². The normalized spacial score (nSPS) is 22.9. The number of hydrogen-bond acceptors (Lipinski definition) is 3. The van der Waals surface area contributed by atoms with Crippen molar-refractivity contribution in [2.45, 2.75) is 18.4 Å². The fraction of sp³-hybridized carbons (Fsp3) is 0.182. The summed E-state index contributed by atoms with van der Waals surface area (Å²) in [6.45, 7) is 0. The van der Waals surface area contributed by atoms with E-state index in [2.05, 4.69) is 41.7 Å². The molecule has 0 radical (unpaired) electrons. The van der Waals surface area contributed by atoms with Crippen molar-refractivity contribution in [3.05, 3.63) is 93.0 Å². The van der Waals surface area contributed by atoms with Gasteiger partial charge in [0.15, 0.2) is 0 Å². The van der Waals surface area contributed by atoms with Gasteiger partial charge < -0.3 is 5.32 Å². The third-order valence-electron chi connectivity index (χ3n) is 5.79. The van der Waals surface area contributed by atoms with Gasteiger partial charge in [-0.15, -0.1) is 0 Å². The van der Waals surface area contributed by atoms with Gasteiger partial charge in [-0.25, -0.2) is 0 Å². The number of hydrogen-bond donors (Lipinski definition) is 1. The minimum Gasteiger partial charge on any atom is -0.377 e. The summed E-state index contributed by atoms with van der Waals surface area (Å²) < 4.78 is 0. The lowest BCUT2D eigenvalue weighted by molar-refractivity contribution is -0.384. The van der Waals surface area contributed by atoms with Crippen LogP contribution in [0.15, 0.2) is 66.7 Å². The van der Waals surface area contributed by atoms with Crippen LogP contribution in [0.4, 0.5) is 11.4 Å². The van der Waals surface area contributed by atoms with Crippen LogP contribution in [0.3, 0.4) is 0 Å². The molecule has 27 heavy (non-hydrogen) atoms. The first-order valence-corrected chi connectivity index (χ1v) is 9.40. The van der Waals surface area contributed by atoms with E-state index in [1.165, 1.54) is 16.3 Å². The summed E-state index contributed by atoms with van der Waals surface area (Å²) >= 11 is 6.03. The molecule has 3 aromatic carbocycles. The maximum atomic E-state index is 11.3. The zero-order chi connectivity index (χ0) is 18.5. The molecule has 0 fully saturated rings. The maximum absolute atomic E-state index is 11.3. The second-order valence-electron chi connectivity index (χ2n) is 7.19. The van der Waals surface area contributed by atoms with Gasteiger partial charge in [0.1, 0.15) is 5.02 Å². The summed E-state index contributed by atoms with van der Waals surface area (Å²) in [5, 5.41) is 17.6. The number of halogens is 1. The molecule has 3 atom stereocenters. The standard InChI is InChI=1S/C22H17ClN2O2/c23-19-11-9-14(12-20(19)25(26)27)21-17-7-3-6-16(17)18-10-8-13-4-1-2-5-15(13)22(18)24-21/h1-6,8-12,16-17,21,24H,7H2/t16-,17+,21-/m0/s1. The van der Waals surface area contributed by atoms with Crippen molar-refractivity contribution in [2.75, 3.05) is 5.32 Å². The first-order valence-electron chi connectivity index (χ1n) is 9.02. The Bertz CT molecular complexity index is 1110. The van der Waals surface area contributed by atoms with Crippen molar-refractivity contribution in [3.8, 4) is 0 Å². The van der Waals surface area contributed by atoms with Gasteiger partial charge in [-0.05, 0) is 34.9 Å². The lowest BCUT2D eigenvalue weighted by atomic mass is 9.76. The van der Waals surface area contributed by atoms with Crippen LogP contribution >= 0.6 is 11.6 Å². The predicted molar refractivity (Wildman–Crippen MR) is 108 cm³/mol. The quantitative estimate of drug-likeness (QED) is 0.327. The Kier molecular flexibility index (Phi) is 3.69. The molecule has 0 amide bonds.